The fourth-order valence-electron chi connectivity index (χ4n) is 5.53. The second kappa shape index (κ2) is 6.90. The summed E-state index contributed by atoms with van der Waals surface area (Å²) in [5.41, 5.74) is -0.466. The monoisotopic (exact) mass is 435 g/mol. The number of anilines is 1. The zero-order chi connectivity index (χ0) is 22.0. The molecule has 3 fully saturated rings. The maximum absolute atomic E-state index is 13.7. The lowest BCUT2D eigenvalue weighted by atomic mass is 9.37. The van der Waals surface area contributed by atoms with E-state index in [1.165, 1.54) is 4.68 Å². The lowest BCUT2D eigenvalue weighted by Gasteiger charge is -2.66. The molecule has 1 aromatic carbocycles. The first kappa shape index (κ1) is 20.2. The van der Waals surface area contributed by atoms with Crippen molar-refractivity contribution < 1.29 is 27.8 Å². The van der Waals surface area contributed by atoms with Crippen molar-refractivity contribution in [2.45, 2.75) is 38.4 Å². The third-order valence-electron chi connectivity index (χ3n) is 7.31. The highest BCUT2D eigenvalue weighted by Gasteiger charge is 2.70. The van der Waals surface area contributed by atoms with Gasteiger partial charge in [-0.25, -0.2) is 4.68 Å². The molecule has 6 rings (SSSR count). The van der Waals surface area contributed by atoms with Gasteiger partial charge in [0.15, 0.2) is 5.69 Å². The van der Waals surface area contributed by atoms with Crippen LogP contribution in [0.15, 0.2) is 24.3 Å². The molecule has 1 aromatic heterocycles. The van der Waals surface area contributed by atoms with E-state index in [-0.39, 0.29) is 18.0 Å². The summed E-state index contributed by atoms with van der Waals surface area (Å²) in [6.45, 7) is 1.28. The second-order valence-electron chi connectivity index (χ2n) is 8.94. The third kappa shape index (κ3) is 3.08. The standard InChI is InChI=1S/C22H24F3N3O3/c1-31-15-6-4-13(5-7-15)11-28-19-16(18(26-28)22(23,24)25)3-2-8-27(19)12-17-14-9-21(17,10-14)20(29)30/h4-7,14,17H,2-3,8-12H2,1H3,(H,29,30). The van der Waals surface area contributed by atoms with Crippen molar-refractivity contribution in [3.8, 4) is 5.75 Å². The predicted octanol–water partition coefficient (Wildman–Crippen LogP) is 3.82. The van der Waals surface area contributed by atoms with Crippen molar-refractivity contribution in [3.05, 3.63) is 41.1 Å². The predicted molar refractivity (Wildman–Crippen MR) is 106 cm³/mol. The number of carbonyl (C=O) groups is 1. The van der Waals surface area contributed by atoms with E-state index < -0.39 is 23.3 Å². The van der Waals surface area contributed by atoms with Gasteiger partial charge in [-0.3, -0.25) is 4.79 Å². The number of aliphatic carboxylic acids is 1. The van der Waals surface area contributed by atoms with Crippen molar-refractivity contribution in [2.75, 3.05) is 25.1 Å². The normalized spacial score (nSPS) is 26.6. The number of halogens is 3. The Morgan fingerprint density at radius 2 is 2.00 bits per heavy atom. The van der Waals surface area contributed by atoms with E-state index >= 15 is 0 Å². The molecule has 2 bridgehead atoms. The molecule has 1 aliphatic heterocycles. The lowest BCUT2D eigenvalue weighted by molar-refractivity contribution is -0.213. The van der Waals surface area contributed by atoms with Gasteiger partial charge < -0.3 is 14.7 Å². The fourth-order valence-corrected chi connectivity index (χ4v) is 5.53. The van der Waals surface area contributed by atoms with Gasteiger partial charge in [0.25, 0.3) is 0 Å². The van der Waals surface area contributed by atoms with Crippen LogP contribution in [0, 0.1) is 17.3 Å². The zero-order valence-electron chi connectivity index (χ0n) is 17.2. The molecular weight excluding hydrogens is 411 g/mol. The highest BCUT2D eigenvalue weighted by molar-refractivity contribution is 5.79. The molecular formula is C22H24F3N3O3. The molecule has 1 N–H and O–H groups in total. The third-order valence-corrected chi connectivity index (χ3v) is 7.31. The number of carboxylic acid groups (broad SMARTS) is 1. The Labute approximate surface area is 177 Å². The van der Waals surface area contributed by atoms with Crippen LogP contribution >= 0.6 is 0 Å². The maximum atomic E-state index is 13.7. The number of hydrogen-bond acceptors (Lipinski definition) is 4. The molecule has 2 heterocycles. The van der Waals surface area contributed by atoms with Crippen molar-refractivity contribution in [1.29, 1.82) is 0 Å². The van der Waals surface area contributed by atoms with Crippen LogP contribution in [0.3, 0.4) is 0 Å². The van der Waals surface area contributed by atoms with E-state index in [9.17, 15) is 23.1 Å². The van der Waals surface area contributed by atoms with Gasteiger partial charge in [0, 0.05) is 18.7 Å². The number of methoxy groups -OCH3 is 1. The first-order valence-corrected chi connectivity index (χ1v) is 10.5. The van der Waals surface area contributed by atoms with Crippen molar-refractivity contribution in [3.63, 3.8) is 0 Å². The Hall–Kier alpha value is -2.71. The van der Waals surface area contributed by atoms with Crippen molar-refractivity contribution in [1.82, 2.24) is 9.78 Å². The SMILES string of the molecule is COc1ccc(Cn2nc(C(F)(F)F)c3c2N(CC2C4CC2(C(=O)O)C4)CCC3)cc1. The van der Waals surface area contributed by atoms with Gasteiger partial charge in [-0.05, 0) is 55.2 Å². The Kier molecular flexibility index (Phi) is 4.50. The van der Waals surface area contributed by atoms with E-state index in [2.05, 4.69) is 5.10 Å². The molecule has 166 valence electrons. The topological polar surface area (TPSA) is 67.6 Å². The van der Waals surface area contributed by atoms with E-state index in [4.69, 9.17) is 4.74 Å². The Morgan fingerprint density at radius 3 is 2.55 bits per heavy atom. The minimum absolute atomic E-state index is 0.00498. The summed E-state index contributed by atoms with van der Waals surface area (Å²) in [6, 6.07) is 7.17. The number of fused-ring (bicyclic) bond motifs is 1. The van der Waals surface area contributed by atoms with Crippen molar-refractivity contribution in [2.24, 2.45) is 17.3 Å². The summed E-state index contributed by atoms with van der Waals surface area (Å²) in [7, 11) is 1.56. The molecule has 9 heteroatoms. The van der Waals surface area contributed by atoms with Gasteiger partial charge in [0.1, 0.15) is 11.6 Å². The number of nitrogens with zero attached hydrogens (tertiary/aromatic N) is 3. The van der Waals surface area contributed by atoms with Crippen LogP contribution < -0.4 is 9.64 Å². The van der Waals surface area contributed by atoms with E-state index in [1.54, 1.807) is 19.2 Å². The molecule has 0 saturated heterocycles. The van der Waals surface area contributed by atoms with E-state index in [0.29, 0.717) is 56.3 Å². The first-order chi connectivity index (χ1) is 14.7. The number of hydrogen-bond donors (Lipinski definition) is 1. The molecule has 4 aliphatic rings. The van der Waals surface area contributed by atoms with Gasteiger partial charge in [-0.2, -0.15) is 18.3 Å². The lowest BCUT2D eigenvalue weighted by Crippen LogP contribution is -2.68. The van der Waals surface area contributed by atoms with Crippen LogP contribution in [0.1, 0.15) is 36.1 Å². The van der Waals surface area contributed by atoms with Crippen LogP contribution in [0.25, 0.3) is 0 Å². The van der Waals surface area contributed by atoms with Gasteiger partial charge >= 0.3 is 12.1 Å². The van der Waals surface area contributed by atoms with Crippen LogP contribution in [0.4, 0.5) is 19.0 Å². The number of alkyl halides is 3. The zero-order valence-corrected chi connectivity index (χ0v) is 17.2. The Bertz CT molecular complexity index is 1010. The smallest absolute Gasteiger partial charge is 0.435 e. The summed E-state index contributed by atoms with van der Waals surface area (Å²) < 4.78 is 47.8. The molecule has 2 aromatic rings. The molecule has 0 spiro atoms. The van der Waals surface area contributed by atoms with Crippen LogP contribution in [0.5, 0.6) is 5.75 Å². The number of rotatable bonds is 6. The molecule has 0 amide bonds. The molecule has 1 unspecified atom stereocenters. The fraction of sp³-hybridized carbons (Fsp3) is 0.545. The van der Waals surface area contributed by atoms with E-state index in [1.807, 2.05) is 17.0 Å². The van der Waals surface area contributed by atoms with Crippen LogP contribution in [-0.4, -0.2) is 41.1 Å². The summed E-state index contributed by atoms with van der Waals surface area (Å²) in [4.78, 5) is 13.7. The van der Waals surface area contributed by atoms with Gasteiger partial charge in [0.2, 0.25) is 0 Å². The Balaban J connectivity index is 1.48. The molecule has 1 atom stereocenters. The molecule has 31 heavy (non-hydrogen) atoms. The average Bonchev–Trinajstić information content (AvgIpc) is 3.05. The molecule has 0 radical (unpaired) electrons. The van der Waals surface area contributed by atoms with Gasteiger partial charge in [-0.1, -0.05) is 12.1 Å². The summed E-state index contributed by atoms with van der Waals surface area (Å²) in [5, 5.41) is 13.6. The first-order valence-electron chi connectivity index (χ1n) is 10.5. The summed E-state index contributed by atoms with van der Waals surface area (Å²) in [6.07, 6.45) is -2.23. The Morgan fingerprint density at radius 1 is 1.29 bits per heavy atom. The maximum Gasteiger partial charge on any atom is 0.435 e. The average molecular weight is 435 g/mol. The minimum Gasteiger partial charge on any atom is -0.497 e. The number of carboxylic acids is 1. The highest BCUT2D eigenvalue weighted by atomic mass is 19.4. The minimum atomic E-state index is -4.53. The number of ether oxygens (including phenoxy) is 1. The van der Waals surface area contributed by atoms with E-state index in [0.717, 1.165) is 5.56 Å². The van der Waals surface area contributed by atoms with Crippen LogP contribution in [0.2, 0.25) is 0 Å². The number of benzene rings is 1. The molecule has 6 nitrogen and oxygen atoms in total. The van der Waals surface area contributed by atoms with Gasteiger partial charge in [-0.15, -0.1) is 0 Å². The highest BCUT2D eigenvalue weighted by Crippen LogP contribution is 2.69. The molecule has 3 saturated carbocycles. The van der Waals surface area contributed by atoms with Crippen molar-refractivity contribution >= 4 is 11.8 Å². The number of aromatic nitrogens is 2. The summed E-state index contributed by atoms with van der Waals surface area (Å²) >= 11 is 0. The van der Waals surface area contributed by atoms with Gasteiger partial charge in [0.05, 0.1) is 19.1 Å². The largest absolute Gasteiger partial charge is 0.497 e. The summed E-state index contributed by atoms with van der Waals surface area (Å²) in [5.74, 6) is 0.740. The second-order valence-corrected chi connectivity index (χ2v) is 8.94. The molecule has 3 aliphatic carbocycles. The van der Waals surface area contributed by atoms with Crippen LogP contribution in [-0.2, 0) is 23.9 Å². The quantitative estimate of drug-likeness (QED) is 0.747.